The van der Waals surface area contributed by atoms with Crippen LogP contribution in [0.15, 0.2) is 54.7 Å². The fourth-order valence-electron chi connectivity index (χ4n) is 5.30. The van der Waals surface area contributed by atoms with Crippen LogP contribution in [0.1, 0.15) is 18.7 Å². The van der Waals surface area contributed by atoms with Gasteiger partial charge in [-0.1, -0.05) is 6.58 Å². The number of aromatic nitrogens is 5. The van der Waals surface area contributed by atoms with Crippen molar-refractivity contribution in [2.45, 2.75) is 19.5 Å². The van der Waals surface area contributed by atoms with Crippen LogP contribution in [0.5, 0.6) is 5.75 Å². The van der Waals surface area contributed by atoms with Gasteiger partial charge in [-0.05, 0) is 30.5 Å². The number of benzene rings is 1. The predicted octanol–water partition coefficient (Wildman–Crippen LogP) is 4.97. The van der Waals surface area contributed by atoms with E-state index < -0.39 is 11.6 Å². The number of hydrogen-bond acceptors (Lipinski definition) is 7. The summed E-state index contributed by atoms with van der Waals surface area (Å²) in [6.45, 7) is 5.96. The summed E-state index contributed by atoms with van der Waals surface area (Å²) in [5.41, 5.74) is 3.45. The molecule has 41 heavy (non-hydrogen) atoms. The molecule has 1 amide bonds. The van der Waals surface area contributed by atoms with Gasteiger partial charge in [-0.3, -0.25) is 14.2 Å². The maximum Gasteiger partial charge on any atom is 0.246 e. The average molecular weight is 577 g/mol. The quantitative estimate of drug-likeness (QED) is 0.275. The Labute approximate surface area is 237 Å². The van der Waals surface area contributed by atoms with Gasteiger partial charge in [0.15, 0.2) is 0 Å². The van der Waals surface area contributed by atoms with Gasteiger partial charge in [0.2, 0.25) is 5.91 Å². The molecule has 5 heterocycles. The molecule has 1 N–H and O–H groups in total. The smallest absolute Gasteiger partial charge is 0.246 e. The van der Waals surface area contributed by atoms with E-state index in [4.69, 9.17) is 14.8 Å². The molecule has 0 radical (unpaired) electrons. The Balaban J connectivity index is 1.64. The van der Waals surface area contributed by atoms with Crippen molar-refractivity contribution < 1.29 is 23.4 Å². The zero-order valence-corrected chi connectivity index (χ0v) is 23.2. The molecule has 0 bridgehead atoms. The third-order valence-corrected chi connectivity index (χ3v) is 8.10. The normalized spacial score (nSPS) is 14.9. The predicted molar refractivity (Wildman–Crippen MR) is 151 cm³/mol. The number of pyridine rings is 1. The lowest BCUT2D eigenvalue weighted by Crippen LogP contribution is -2.40. The molecule has 210 valence electrons. The minimum atomic E-state index is -0.829. The highest BCUT2D eigenvalue weighted by Gasteiger charge is 2.31. The van der Waals surface area contributed by atoms with Crippen LogP contribution in [0, 0.1) is 11.6 Å². The molecule has 6 rings (SSSR count). The molecule has 1 aliphatic heterocycles. The number of ether oxygens (including phenoxy) is 1. The minimum Gasteiger partial charge on any atom is -0.490 e. The summed E-state index contributed by atoms with van der Waals surface area (Å²) in [7, 11) is 1.81. The van der Waals surface area contributed by atoms with Gasteiger partial charge in [0.1, 0.15) is 35.4 Å². The van der Waals surface area contributed by atoms with Crippen LogP contribution in [0.2, 0.25) is 0 Å². The average Bonchev–Trinajstić information content (AvgIpc) is 3.71. The van der Waals surface area contributed by atoms with Crippen molar-refractivity contribution in [3.8, 4) is 39.5 Å². The highest BCUT2D eigenvalue weighted by Crippen LogP contribution is 2.47. The second-order valence-electron chi connectivity index (χ2n) is 9.67. The summed E-state index contributed by atoms with van der Waals surface area (Å²) in [5.74, 6) is -1.86. The Hall–Kier alpha value is -4.42. The monoisotopic (exact) mass is 576 g/mol. The van der Waals surface area contributed by atoms with Crippen molar-refractivity contribution in [2.24, 2.45) is 7.05 Å². The van der Waals surface area contributed by atoms with Crippen LogP contribution in [-0.2, 0) is 18.4 Å². The van der Waals surface area contributed by atoms with Crippen LogP contribution in [-0.4, -0.2) is 60.2 Å². The van der Waals surface area contributed by atoms with Gasteiger partial charge < -0.3 is 14.7 Å². The van der Waals surface area contributed by atoms with Crippen molar-refractivity contribution in [3.63, 3.8) is 0 Å². The summed E-state index contributed by atoms with van der Waals surface area (Å²) < 4.78 is 40.0. The molecule has 12 heteroatoms. The van der Waals surface area contributed by atoms with Crippen LogP contribution in [0.4, 0.5) is 8.78 Å². The number of aliphatic hydroxyl groups excluding tert-OH is 1. The lowest BCUT2D eigenvalue weighted by atomic mass is 9.97. The first-order valence-corrected chi connectivity index (χ1v) is 13.8. The number of amides is 1. The van der Waals surface area contributed by atoms with Gasteiger partial charge in [-0.25, -0.2) is 13.8 Å². The Morgan fingerprint density at radius 1 is 1.24 bits per heavy atom. The number of thiophene rings is 1. The summed E-state index contributed by atoms with van der Waals surface area (Å²) in [6.07, 6.45) is 4.84. The van der Waals surface area contributed by atoms with E-state index in [1.54, 1.807) is 15.8 Å². The summed E-state index contributed by atoms with van der Waals surface area (Å²) >= 11 is 1.39. The van der Waals surface area contributed by atoms with Crippen LogP contribution in [0.3, 0.4) is 0 Å². The molecule has 1 aromatic carbocycles. The number of nitrogens with zero attached hydrogens (tertiary/aromatic N) is 6. The number of carbonyl (C=O) groups excluding carboxylic acids is 1. The summed E-state index contributed by atoms with van der Waals surface area (Å²) in [4.78, 5) is 19.2. The molecule has 1 atom stereocenters. The van der Waals surface area contributed by atoms with E-state index >= 15 is 4.39 Å². The Bertz CT molecular complexity index is 1810. The first-order chi connectivity index (χ1) is 19.8. The molecule has 0 unspecified atom stereocenters. The standard InChI is InChI=1S/C29H26F2N6O3S/c1-4-24(39)36-6-7-37-22(16(36)2)13-21(34-37)28-26(25-20(31)11-18(30)12-23(25)40-9-8-38)29-19(5-10-41-29)27(33-28)17-14-32-35(3)15-17/h4-5,10-16,38H,1,6-9H2,2-3H3/t16-/m1/s1. The van der Waals surface area contributed by atoms with Crippen LogP contribution in [0.25, 0.3) is 43.9 Å². The highest BCUT2D eigenvalue weighted by molar-refractivity contribution is 7.18. The van der Waals surface area contributed by atoms with Crippen molar-refractivity contribution >= 4 is 27.3 Å². The van der Waals surface area contributed by atoms with Crippen molar-refractivity contribution in [1.82, 2.24) is 29.4 Å². The molecule has 1 aliphatic rings. The number of fused-ring (bicyclic) bond motifs is 2. The summed E-state index contributed by atoms with van der Waals surface area (Å²) in [5, 5.41) is 21.2. The van der Waals surface area contributed by atoms with Gasteiger partial charge in [-0.2, -0.15) is 10.2 Å². The maximum atomic E-state index is 15.8. The van der Waals surface area contributed by atoms with Crippen molar-refractivity contribution in [1.29, 1.82) is 0 Å². The number of halogens is 2. The molecule has 0 saturated carbocycles. The van der Waals surface area contributed by atoms with E-state index in [0.717, 1.165) is 28.8 Å². The van der Waals surface area contributed by atoms with Gasteiger partial charge in [0.05, 0.1) is 42.3 Å². The maximum absolute atomic E-state index is 15.8. The SMILES string of the molecule is C=CC(=O)N1CCn2nc(-c3nc(-c4cnn(C)c4)c4ccsc4c3-c3c(F)cc(F)cc3OCCO)cc2[C@H]1C. The zero-order valence-electron chi connectivity index (χ0n) is 22.3. The third-order valence-electron chi connectivity index (χ3n) is 7.16. The first-order valence-electron chi connectivity index (χ1n) is 12.9. The van der Waals surface area contributed by atoms with E-state index in [1.807, 2.05) is 42.4 Å². The lowest BCUT2D eigenvalue weighted by Gasteiger charge is -2.33. The minimum absolute atomic E-state index is 0.0232. The third kappa shape index (κ3) is 4.58. The highest BCUT2D eigenvalue weighted by atomic mass is 32.1. The molecular formula is C29H26F2N6O3S. The van der Waals surface area contributed by atoms with Crippen molar-refractivity contribution in [2.75, 3.05) is 19.8 Å². The molecule has 0 saturated heterocycles. The lowest BCUT2D eigenvalue weighted by molar-refractivity contribution is -0.129. The molecule has 0 aliphatic carbocycles. The second-order valence-corrected chi connectivity index (χ2v) is 10.6. The van der Waals surface area contributed by atoms with Crippen molar-refractivity contribution in [3.05, 3.63) is 72.0 Å². The number of carbonyl (C=O) groups is 1. The largest absolute Gasteiger partial charge is 0.490 e. The number of rotatable bonds is 7. The number of aliphatic hydroxyl groups is 1. The van der Waals surface area contributed by atoms with Crippen LogP contribution < -0.4 is 4.74 Å². The van der Waals surface area contributed by atoms with E-state index in [0.29, 0.717) is 40.4 Å². The first kappa shape index (κ1) is 26.8. The Morgan fingerprint density at radius 2 is 2.07 bits per heavy atom. The fraction of sp³-hybridized carbons (Fsp3) is 0.241. The molecule has 5 aromatic rings. The van der Waals surface area contributed by atoms with E-state index in [-0.39, 0.29) is 36.5 Å². The molecule has 0 spiro atoms. The van der Waals surface area contributed by atoms with Gasteiger partial charge in [0.25, 0.3) is 0 Å². The van der Waals surface area contributed by atoms with Crippen LogP contribution >= 0.6 is 11.3 Å². The summed E-state index contributed by atoms with van der Waals surface area (Å²) in [6, 6.07) is 5.37. The molecular weight excluding hydrogens is 550 g/mol. The van der Waals surface area contributed by atoms with E-state index in [2.05, 4.69) is 11.7 Å². The zero-order chi connectivity index (χ0) is 28.8. The topological polar surface area (TPSA) is 98.3 Å². The second kappa shape index (κ2) is 10.5. The Morgan fingerprint density at radius 3 is 2.80 bits per heavy atom. The number of hydrogen-bond donors (Lipinski definition) is 1. The van der Waals surface area contributed by atoms with Gasteiger partial charge in [0, 0.05) is 53.1 Å². The van der Waals surface area contributed by atoms with E-state index in [1.165, 1.54) is 17.4 Å². The molecule has 4 aromatic heterocycles. The molecule has 9 nitrogen and oxygen atoms in total. The Kier molecular flexibility index (Phi) is 6.88. The number of aryl methyl sites for hydroxylation is 1. The fourth-order valence-corrected chi connectivity index (χ4v) is 6.25. The van der Waals surface area contributed by atoms with E-state index in [9.17, 15) is 14.3 Å². The van der Waals surface area contributed by atoms with Gasteiger partial charge >= 0.3 is 0 Å². The molecule has 0 fully saturated rings. The van der Waals surface area contributed by atoms with Gasteiger partial charge in [-0.15, -0.1) is 11.3 Å².